The zero-order chi connectivity index (χ0) is 8.81. The molecule has 0 aliphatic carbocycles. The van der Waals surface area contributed by atoms with Gasteiger partial charge in [-0.1, -0.05) is 12.6 Å². The van der Waals surface area contributed by atoms with Crippen LogP contribution in [0, 0.1) is 0 Å². The third-order valence-electron chi connectivity index (χ3n) is 1.34. The lowest BCUT2D eigenvalue weighted by atomic mass is 10.4. The Morgan fingerprint density at radius 3 is 3.17 bits per heavy atom. The summed E-state index contributed by atoms with van der Waals surface area (Å²) >= 11 is 1.62. The van der Waals surface area contributed by atoms with Crippen LogP contribution in [-0.4, -0.2) is 11.2 Å². The zero-order valence-electron chi connectivity index (χ0n) is 6.99. The molecule has 0 saturated carbocycles. The summed E-state index contributed by atoms with van der Waals surface area (Å²) in [6, 6.07) is 5.88. The maximum atomic E-state index is 5.01. The van der Waals surface area contributed by atoms with Crippen molar-refractivity contribution in [2.75, 3.05) is 6.26 Å². The molecular weight excluding hydrogens is 170 g/mol. The third-order valence-corrected chi connectivity index (χ3v) is 1.99. The molecule has 1 aromatic rings. The Morgan fingerprint density at radius 1 is 1.67 bits per heavy atom. The van der Waals surface area contributed by atoms with Crippen molar-refractivity contribution in [2.45, 2.75) is 11.6 Å². The molecule has 2 nitrogen and oxygen atoms in total. The standard InChI is InChI=1S/C9H11NOS/c1-3-11-7-8-5-4-6-9(10-8)12-2/h3-6H,1,7H2,2H3. The van der Waals surface area contributed by atoms with E-state index in [2.05, 4.69) is 11.6 Å². The van der Waals surface area contributed by atoms with Crippen LogP contribution in [0.15, 0.2) is 36.1 Å². The van der Waals surface area contributed by atoms with Crippen LogP contribution in [0.2, 0.25) is 0 Å². The molecule has 0 spiro atoms. The number of hydrogen-bond acceptors (Lipinski definition) is 3. The summed E-state index contributed by atoms with van der Waals surface area (Å²) in [5.41, 5.74) is 0.932. The van der Waals surface area contributed by atoms with E-state index in [0.717, 1.165) is 10.7 Å². The van der Waals surface area contributed by atoms with Gasteiger partial charge in [0.05, 0.1) is 17.0 Å². The van der Waals surface area contributed by atoms with E-state index >= 15 is 0 Å². The molecule has 0 bridgehead atoms. The van der Waals surface area contributed by atoms with Gasteiger partial charge in [-0.05, 0) is 18.4 Å². The molecule has 0 saturated heterocycles. The molecule has 0 aliphatic rings. The van der Waals surface area contributed by atoms with Gasteiger partial charge in [0.15, 0.2) is 0 Å². The fourth-order valence-corrected chi connectivity index (χ4v) is 1.22. The molecule has 12 heavy (non-hydrogen) atoms. The summed E-state index contributed by atoms with van der Waals surface area (Å²) < 4.78 is 5.01. The first-order chi connectivity index (χ1) is 5.86. The maximum Gasteiger partial charge on any atom is 0.129 e. The summed E-state index contributed by atoms with van der Waals surface area (Å²) in [6.07, 6.45) is 3.42. The van der Waals surface area contributed by atoms with E-state index in [1.807, 2.05) is 24.5 Å². The highest BCUT2D eigenvalue weighted by Gasteiger charge is 1.95. The van der Waals surface area contributed by atoms with E-state index in [4.69, 9.17) is 4.74 Å². The third kappa shape index (κ3) is 2.58. The van der Waals surface area contributed by atoms with Crippen molar-refractivity contribution in [3.05, 3.63) is 36.7 Å². The largest absolute Gasteiger partial charge is 0.496 e. The first kappa shape index (κ1) is 9.13. The van der Waals surface area contributed by atoms with Gasteiger partial charge in [0.1, 0.15) is 6.61 Å². The van der Waals surface area contributed by atoms with E-state index < -0.39 is 0 Å². The van der Waals surface area contributed by atoms with Crippen LogP contribution in [0.4, 0.5) is 0 Å². The van der Waals surface area contributed by atoms with E-state index in [-0.39, 0.29) is 0 Å². The SMILES string of the molecule is C=COCc1cccc(SC)n1. The minimum Gasteiger partial charge on any atom is -0.496 e. The monoisotopic (exact) mass is 181 g/mol. The molecule has 0 amide bonds. The zero-order valence-corrected chi connectivity index (χ0v) is 7.80. The Balaban J connectivity index is 2.65. The van der Waals surface area contributed by atoms with Gasteiger partial charge in [-0.15, -0.1) is 11.8 Å². The molecule has 64 valence electrons. The molecule has 0 fully saturated rings. The highest BCUT2D eigenvalue weighted by Crippen LogP contribution is 2.11. The number of pyridine rings is 1. The minimum absolute atomic E-state index is 0.498. The fourth-order valence-electron chi connectivity index (χ4n) is 0.796. The van der Waals surface area contributed by atoms with Gasteiger partial charge in [0.2, 0.25) is 0 Å². The van der Waals surface area contributed by atoms with Gasteiger partial charge in [-0.3, -0.25) is 0 Å². The van der Waals surface area contributed by atoms with E-state index in [9.17, 15) is 0 Å². The summed E-state index contributed by atoms with van der Waals surface area (Å²) in [5.74, 6) is 0. The Kier molecular flexibility index (Phi) is 3.67. The van der Waals surface area contributed by atoms with Gasteiger partial charge >= 0.3 is 0 Å². The van der Waals surface area contributed by atoms with E-state index in [1.165, 1.54) is 6.26 Å². The molecular formula is C9H11NOS. The Bertz CT molecular complexity index is 262. The Morgan fingerprint density at radius 2 is 2.50 bits per heavy atom. The summed E-state index contributed by atoms with van der Waals surface area (Å²) in [7, 11) is 0. The second-order valence-electron chi connectivity index (χ2n) is 2.15. The van der Waals surface area contributed by atoms with Crippen LogP contribution < -0.4 is 0 Å². The molecule has 0 aromatic carbocycles. The number of rotatable bonds is 4. The lowest BCUT2D eigenvalue weighted by Gasteiger charge is -2.01. The summed E-state index contributed by atoms with van der Waals surface area (Å²) in [4.78, 5) is 4.32. The van der Waals surface area contributed by atoms with Gasteiger partial charge < -0.3 is 4.74 Å². The first-order valence-corrected chi connectivity index (χ1v) is 4.81. The van der Waals surface area contributed by atoms with Crippen molar-refractivity contribution in [3.63, 3.8) is 0 Å². The van der Waals surface area contributed by atoms with Crippen molar-refractivity contribution in [3.8, 4) is 0 Å². The smallest absolute Gasteiger partial charge is 0.129 e. The van der Waals surface area contributed by atoms with Gasteiger partial charge in [-0.2, -0.15) is 0 Å². The van der Waals surface area contributed by atoms with Crippen molar-refractivity contribution in [2.24, 2.45) is 0 Å². The molecule has 0 aliphatic heterocycles. The maximum absolute atomic E-state index is 5.01. The summed E-state index contributed by atoms with van der Waals surface area (Å²) in [5, 5.41) is 1.01. The molecule has 1 rings (SSSR count). The molecule has 1 heterocycles. The quantitative estimate of drug-likeness (QED) is 0.526. The highest BCUT2D eigenvalue weighted by molar-refractivity contribution is 7.98. The molecule has 0 atom stereocenters. The van der Waals surface area contributed by atoms with Gasteiger partial charge in [-0.25, -0.2) is 4.98 Å². The number of nitrogens with zero attached hydrogens (tertiary/aromatic N) is 1. The second kappa shape index (κ2) is 4.83. The predicted molar refractivity (Wildman–Crippen MR) is 51.0 cm³/mol. The molecule has 3 heteroatoms. The Hall–Kier alpha value is -0.960. The topological polar surface area (TPSA) is 22.1 Å². The van der Waals surface area contributed by atoms with Crippen LogP contribution in [0.3, 0.4) is 0 Å². The number of ether oxygens (including phenoxy) is 1. The van der Waals surface area contributed by atoms with Crippen molar-refractivity contribution in [1.29, 1.82) is 0 Å². The predicted octanol–water partition coefficient (Wildman–Crippen LogP) is 2.46. The highest BCUT2D eigenvalue weighted by atomic mass is 32.2. The summed E-state index contributed by atoms with van der Waals surface area (Å²) in [6.45, 7) is 3.96. The van der Waals surface area contributed by atoms with Crippen LogP contribution in [0.25, 0.3) is 0 Å². The molecule has 0 radical (unpaired) electrons. The normalized spacial score (nSPS) is 9.42. The fraction of sp³-hybridized carbons (Fsp3) is 0.222. The first-order valence-electron chi connectivity index (χ1n) is 3.59. The number of thioether (sulfide) groups is 1. The molecule has 0 N–H and O–H groups in total. The minimum atomic E-state index is 0.498. The number of hydrogen-bond donors (Lipinski definition) is 0. The van der Waals surface area contributed by atoms with Crippen LogP contribution >= 0.6 is 11.8 Å². The van der Waals surface area contributed by atoms with E-state index in [0.29, 0.717) is 6.61 Å². The Labute approximate surface area is 76.7 Å². The lowest BCUT2D eigenvalue weighted by molar-refractivity contribution is 0.233. The average molecular weight is 181 g/mol. The van der Waals surface area contributed by atoms with Crippen LogP contribution in [-0.2, 0) is 11.3 Å². The van der Waals surface area contributed by atoms with Gasteiger partial charge in [0, 0.05) is 0 Å². The average Bonchev–Trinajstić information content (AvgIpc) is 2.15. The van der Waals surface area contributed by atoms with Crippen molar-refractivity contribution >= 4 is 11.8 Å². The van der Waals surface area contributed by atoms with Crippen molar-refractivity contribution < 1.29 is 4.74 Å². The van der Waals surface area contributed by atoms with Crippen LogP contribution in [0.1, 0.15) is 5.69 Å². The van der Waals surface area contributed by atoms with E-state index in [1.54, 1.807) is 11.8 Å². The lowest BCUT2D eigenvalue weighted by Crippen LogP contribution is -1.91. The number of aromatic nitrogens is 1. The molecule has 1 aromatic heterocycles. The molecule has 0 unspecified atom stereocenters. The second-order valence-corrected chi connectivity index (χ2v) is 2.98. The van der Waals surface area contributed by atoms with Gasteiger partial charge in [0.25, 0.3) is 0 Å². The van der Waals surface area contributed by atoms with Crippen LogP contribution in [0.5, 0.6) is 0 Å². The van der Waals surface area contributed by atoms with Crippen molar-refractivity contribution in [1.82, 2.24) is 4.98 Å².